The van der Waals surface area contributed by atoms with Crippen molar-refractivity contribution in [3.63, 3.8) is 0 Å². The van der Waals surface area contributed by atoms with Crippen molar-refractivity contribution in [1.29, 1.82) is 0 Å². The van der Waals surface area contributed by atoms with Gasteiger partial charge in [0.25, 0.3) is 5.69 Å². The first kappa shape index (κ1) is 16.5. The van der Waals surface area contributed by atoms with Gasteiger partial charge in [0.2, 0.25) is 10.0 Å². The van der Waals surface area contributed by atoms with Crippen molar-refractivity contribution in [2.24, 2.45) is 0 Å². The van der Waals surface area contributed by atoms with Gasteiger partial charge in [-0.25, -0.2) is 18.1 Å². The minimum atomic E-state index is -3.54. The van der Waals surface area contributed by atoms with E-state index in [0.29, 0.717) is 12.0 Å². The molecule has 1 N–H and O–H groups in total. The summed E-state index contributed by atoms with van der Waals surface area (Å²) in [4.78, 5) is 14.4. The third-order valence-corrected chi connectivity index (χ3v) is 5.03. The second-order valence-corrected chi connectivity index (χ2v) is 7.56. The highest BCUT2D eigenvalue weighted by Crippen LogP contribution is 2.15. The third kappa shape index (κ3) is 4.86. The van der Waals surface area contributed by atoms with Crippen molar-refractivity contribution in [3.8, 4) is 0 Å². The molecular formula is C13H15N3O4S2. The van der Waals surface area contributed by atoms with E-state index in [-0.39, 0.29) is 18.0 Å². The second-order valence-electron chi connectivity index (χ2n) is 4.69. The molecule has 2 aromatic rings. The lowest BCUT2D eigenvalue weighted by Crippen LogP contribution is -2.27. The normalized spacial score (nSPS) is 11.5. The molecule has 1 heterocycles. The zero-order valence-electron chi connectivity index (χ0n) is 11.9. The fraction of sp³-hybridized carbons (Fsp3) is 0.308. The number of sulfonamides is 1. The van der Waals surface area contributed by atoms with Crippen molar-refractivity contribution in [2.45, 2.75) is 19.1 Å². The number of benzene rings is 1. The van der Waals surface area contributed by atoms with E-state index in [1.807, 2.05) is 12.3 Å². The van der Waals surface area contributed by atoms with E-state index in [1.165, 1.54) is 29.5 Å². The van der Waals surface area contributed by atoms with Gasteiger partial charge in [0.1, 0.15) is 0 Å². The van der Waals surface area contributed by atoms with Gasteiger partial charge in [0, 0.05) is 30.5 Å². The lowest BCUT2D eigenvalue weighted by atomic mass is 10.2. The lowest BCUT2D eigenvalue weighted by Gasteiger charge is -2.06. The number of rotatable bonds is 7. The molecule has 0 radical (unpaired) electrons. The zero-order valence-corrected chi connectivity index (χ0v) is 13.5. The Morgan fingerprint density at radius 1 is 1.41 bits per heavy atom. The number of thiazole rings is 1. The lowest BCUT2D eigenvalue weighted by molar-refractivity contribution is -0.384. The van der Waals surface area contributed by atoms with Gasteiger partial charge in [-0.05, 0) is 12.5 Å². The number of hydrogen-bond donors (Lipinski definition) is 1. The predicted octanol–water partition coefficient (Wildman–Crippen LogP) is 2.02. The SMILES string of the molecule is Cc1nc(CCNS(=O)(=O)Cc2cccc([N+](=O)[O-])c2)cs1. The summed E-state index contributed by atoms with van der Waals surface area (Å²) in [5.41, 5.74) is 1.11. The summed E-state index contributed by atoms with van der Waals surface area (Å²) >= 11 is 1.52. The molecule has 7 nitrogen and oxygen atoms in total. The second kappa shape index (κ2) is 6.95. The first-order valence-corrected chi connectivity index (χ1v) is 9.00. The van der Waals surface area contributed by atoms with Crippen molar-refractivity contribution >= 4 is 27.0 Å². The van der Waals surface area contributed by atoms with E-state index in [0.717, 1.165) is 10.7 Å². The molecule has 0 saturated carbocycles. The molecule has 0 aliphatic rings. The Bertz CT molecular complexity index is 771. The molecule has 0 amide bonds. The van der Waals surface area contributed by atoms with Gasteiger partial charge in [-0.1, -0.05) is 12.1 Å². The topological polar surface area (TPSA) is 102 Å². The van der Waals surface area contributed by atoms with Crippen LogP contribution in [0.2, 0.25) is 0 Å². The molecule has 0 bridgehead atoms. The molecule has 0 aliphatic heterocycles. The van der Waals surface area contributed by atoms with Crippen LogP contribution in [0.3, 0.4) is 0 Å². The Morgan fingerprint density at radius 3 is 2.82 bits per heavy atom. The first-order chi connectivity index (χ1) is 10.4. The number of hydrogen-bond acceptors (Lipinski definition) is 6. The van der Waals surface area contributed by atoms with E-state index in [2.05, 4.69) is 9.71 Å². The Morgan fingerprint density at radius 2 is 2.18 bits per heavy atom. The van der Waals surface area contributed by atoms with Crippen LogP contribution in [0.15, 0.2) is 29.6 Å². The Hall–Kier alpha value is -1.84. The Kier molecular flexibility index (Phi) is 5.22. The van der Waals surface area contributed by atoms with Crippen LogP contribution >= 0.6 is 11.3 Å². The monoisotopic (exact) mass is 341 g/mol. The number of non-ortho nitro benzene ring substituents is 1. The summed E-state index contributed by atoms with van der Waals surface area (Å²) in [6.07, 6.45) is 0.512. The first-order valence-electron chi connectivity index (χ1n) is 6.47. The molecule has 0 saturated heterocycles. The predicted molar refractivity (Wildman–Crippen MR) is 84.3 cm³/mol. The van der Waals surface area contributed by atoms with E-state index in [1.54, 1.807) is 6.07 Å². The number of aryl methyl sites for hydroxylation is 1. The molecule has 1 aromatic heterocycles. The standard InChI is InChI=1S/C13H15N3O4S2/c1-10-15-12(8-21-10)5-6-14-22(19,20)9-11-3-2-4-13(7-11)16(17)18/h2-4,7-8,14H,5-6,9H2,1H3. The minimum absolute atomic E-state index is 0.120. The van der Waals surface area contributed by atoms with Crippen LogP contribution in [0.4, 0.5) is 5.69 Å². The van der Waals surface area contributed by atoms with Crippen LogP contribution in [-0.2, 0) is 22.2 Å². The van der Waals surface area contributed by atoms with E-state index in [9.17, 15) is 18.5 Å². The molecule has 118 valence electrons. The number of nitrogens with one attached hydrogen (secondary N) is 1. The zero-order chi connectivity index (χ0) is 16.2. The fourth-order valence-electron chi connectivity index (χ4n) is 1.89. The third-order valence-electron chi connectivity index (χ3n) is 2.85. The van der Waals surface area contributed by atoms with Gasteiger partial charge in [-0.3, -0.25) is 10.1 Å². The maximum absolute atomic E-state index is 12.0. The molecule has 0 aliphatic carbocycles. The smallest absolute Gasteiger partial charge is 0.258 e. The molecule has 0 fully saturated rings. The quantitative estimate of drug-likeness (QED) is 0.613. The van der Waals surface area contributed by atoms with Crippen LogP contribution in [0.25, 0.3) is 0 Å². The van der Waals surface area contributed by atoms with E-state index in [4.69, 9.17) is 0 Å². The molecule has 22 heavy (non-hydrogen) atoms. The molecule has 0 atom stereocenters. The van der Waals surface area contributed by atoms with Gasteiger partial charge >= 0.3 is 0 Å². The van der Waals surface area contributed by atoms with Crippen LogP contribution in [-0.4, -0.2) is 24.9 Å². The highest BCUT2D eigenvalue weighted by atomic mass is 32.2. The van der Waals surface area contributed by atoms with Gasteiger partial charge in [0.15, 0.2) is 0 Å². The van der Waals surface area contributed by atoms with Crippen molar-refractivity contribution in [1.82, 2.24) is 9.71 Å². The molecule has 0 spiro atoms. The summed E-state index contributed by atoms with van der Waals surface area (Å²) in [7, 11) is -3.54. The molecular weight excluding hydrogens is 326 g/mol. The maximum atomic E-state index is 12.0. The average molecular weight is 341 g/mol. The molecule has 9 heteroatoms. The number of nitrogens with zero attached hydrogens (tertiary/aromatic N) is 2. The van der Waals surface area contributed by atoms with Crippen LogP contribution in [0.5, 0.6) is 0 Å². The van der Waals surface area contributed by atoms with Crippen LogP contribution in [0.1, 0.15) is 16.3 Å². The summed E-state index contributed by atoms with van der Waals surface area (Å²) in [6, 6.07) is 5.62. The maximum Gasteiger partial charge on any atom is 0.269 e. The van der Waals surface area contributed by atoms with Gasteiger partial charge < -0.3 is 0 Å². The van der Waals surface area contributed by atoms with E-state index >= 15 is 0 Å². The van der Waals surface area contributed by atoms with Crippen molar-refractivity contribution in [3.05, 3.63) is 56.0 Å². The molecule has 1 aromatic carbocycles. The highest BCUT2D eigenvalue weighted by Gasteiger charge is 2.14. The van der Waals surface area contributed by atoms with Gasteiger partial charge in [-0.15, -0.1) is 11.3 Å². The van der Waals surface area contributed by atoms with Crippen LogP contribution < -0.4 is 4.72 Å². The van der Waals surface area contributed by atoms with Gasteiger partial charge in [-0.2, -0.15) is 0 Å². The van der Waals surface area contributed by atoms with Gasteiger partial charge in [0.05, 0.1) is 21.4 Å². The summed E-state index contributed by atoms with van der Waals surface area (Å²) in [6.45, 7) is 2.14. The fourth-order valence-corrected chi connectivity index (χ4v) is 3.67. The Balaban J connectivity index is 1.93. The van der Waals surface area contributed by atoms with Crippen molar-refractivity contribution < 1.29 is 13.3 Å². The highest BCUT2D eigenvalue weighted by molar-refractivity contribution is 7.88. The summed E-state index contributed by atoms with van der Waals surface area (Å²) in [5.74, 6) is -0.287. The number of nitro benzene ring substituents is 1. The molecule has 2 rings (SSSR count). The largest absolute Gasteiger partial charge is 0.269 e. The number of nitro groups is 1. The number of aromatic nitrogens is 1. The summed E-state index contributed by atoms with van der Waals surface area (Å²) in [5, 5.41) is 13.5. The van der Waals surface area contributed by atoms with E-state index < -0.39 is 14.9 Å². The molecule has 0 unspecified atom stereocenters. The summed E-state index contributed by atoms with van der Waals surface area (Å²) < 4.78 is 26.4. The Labute approximate surface area is 132 Å². The average Bonchev–Trinajstić information content (AvgIpc) is 2.84. The minimum Gasteiger partial charge on any atom is -0.258 e. The van der Waals surface area contributed by atoms with Crippen molar-refractivity contribution in [2.75, 3.05) is 6.54 Å². The van der Waals surface area contributed by atoms with Crippen LogP contribution in [0, 0.1) is 17.0 Å².